The molecule has 0 fully saturated rings. The number of nitrogens with two attached hydrogens (primary N) is 1. The van der Waals surface area contributed by atoms with Gasteiger partial charge in [0.1, 0.15) is 5.75 Å². The molecule has 0 spiro atoms. The molecule has 16 heavy (non-hydrogen) atoms. The summed E-state index contributed by atoms with van der Waals surface area (Å²) >= 11 is 0. The van der Waals surface area contributed by atoms with E-state index in [1.165, 1.54) is 0 Å². The van der Waals surface area contributed by atoms with E-state index in [9.17, 15) is 9.90 Å². The Morgan fingerprint density at radius 3 is 2.12 bits per heavy atom. The lowest BCUT2D eigenvalue weighted by Gasteiger charge is -2.15. The molecule has 0 aliphatic heterocycles. The third-order valence-electron chi connectivity index (χ3n) is 2.72. The van der Waals surface area contributed by atoms with Gasteiger partial charge in [-0.05, 0) is 29.0 Å². The molecule has 3 N–H and O–H groups in total. The number of aromatic hydroxyl groups is 1. The molecule has 0 aliphatic carbocycles. The van der Waals surface area contributed by atoms with Gasteiger partial charge in [-0.25, -0.2) is 0 Å². The maximum Gasteiger partial charge on any atom is 0.252 e. The molecule has 88 valence electrons. The highest BCUT2D eigenvalue weighted by Crippen LogP contribution is 2.32. The van der Waals surface area contributed by atoms with Gasteiger partial charge in [0.2, 0.25) is 0 Å². The standard InChI is InChI=1S/C13H19NO2/c1-7(2)9-5-10(8(3)4)12(15)11(6-9)13(14)16/h5-8,15H,1-4H3,(H2,14,16). The number of hydrogen-bond donors (Lipinski definition) is 2. The van der Waals surface area contributed by atoms with Crippen molar-refractivity contribution in [1.29, 1.82) is 0 Å². The highest BCUT2D eigenvalue weighted by Gasteiger charge is 2.17. The van der Waals surface area contributed by atoms with Crippen LogP contribution in [0.15, 0.2) is 12.1 Å². The largest absolute Gasteiger partial charge is 0.507 e. The molecule has 3 nitrogen and oxygen atoms in total. The van der Waals surface area contributed by atoms with Crippen LogP contribution >= 0.6 is 0 Å². The number of amides is 1. The summed E-state index contributed by atoms with van der Waals surface area (Å²) in [5.41, 5.74) is 7.27. The van der Waals surface area contributed by atoms with Gasteiger partial charge in [-0.1, -0.05) is 33.8 Å². The molecule has 0 aliphatic rings. The van der Waals surface area contributed by atoms with Crippen LogP contribution in [0.5, 0.6) is 5.75 Å². The summed E-state index contributed by atoms with van der Waals surface area (Å²) in [5.74, 6) is -0.0956. The lowest BCUT2D eigenvalue weighted by molar-refractivity contribution is 0.0997. The van der Waals surface area contributed by atoms with E-state index in [1.807, 2.05) is 33.8 Å². The number of hydrogen-bond acceptors (Lipinski definition) is 2. The van der Waals surface area contributed by atoms with Gasteiger partial charge in [-0.15, -0.1) is 0 Å². The Bertz CT molecular complexity index is 409. The molecule has 1 aromatic carbocycles. The van der Waals surface area contributed by atoms with Crippen molar-refractivity contribution in [2.45, 2.75) is 39.5 Å². The number of primary amides is 1. The van der Waals surface area contributed by atoms with Gasteiger partial charge < -0.3 is 10.8 Å². The first-order valence-electron chi connectivity index (χ1n) is 5.51. The minimum Gasteiger partial charge on any atom is -0.507 e. The van der Waals surface area contributed by atoms with Crippen LogP contribution in [0.25, 0.3) is 0 Å². The van der Waals surface area contributed by atoms with Gasteiger partial charge >= 0.3 is 0 Å². The summed E-state index contributed by atoms with van der Waals surface area (Å²) in [6.45, 7) is 8.04. The molecule has 0 saturated carbocycles. The fraction of sp³-hybridized carbons (Fsp3) is 0.462. The van der Waals surface area contributed by atoms with Crippen molar-refractivity contribution >= 4 is 5.91 Å². The van der Waals surface area contributed by atoms with E-state index in [-0.39, 0.29) is 17.2 Å². The summed E-state index contributed by atoms with van der Waals surface area (Å²) in [6.07, 6.45) is 0. The Hall–Kier alpha value is -1.51. The molecular formula is C13H19NO2. The first-order chi connectivity index (χ1) is 7.34. The molecule has 3 heteroatoms. The number of carbonyl (C=O) groups is 1. The van der Waals surface area contributed by atoms with E-state index in [0.29, 0.717) is 5.92 Å². The fourth-order valence-electron chi connectivity index (χ4n) is 1.64. The van der Waals surface area contributed by atoms with Crippen LogP contribution in [-0.2, 0) is 0 Å². The van der Waals surface area contributed by atoms with E-state index in [1.54, 1.807) is 6.07 Å². The smallest absolute Gasteiger partial charge is 0.252 e. The second-order valence-corrected chi connectivity index (χ2v) is 4.68. The molecule has 1 amide bonds. The van der Waals surface area contributed by atoms with Crippen LogP contribution in [0.4, 0.5) is 0 Å². The molecule has 0 bridgehead atoms. The summed E-state index contributed by atoms with van der Waals surface area (Å²) in [4.78, 5) is 11.2. The summed E-state index contributed by atoms with van der Waals surface area (Å²) < 4.78 is 0. The second kappa shape index (κ2) is 4.56. The first-order valence-corrected chi connectivity index (χ1v) is 5.51. The zero-order valence-corrected chi connectivity index (χ0v) is 10.2. The third-order valence-corrected chi connectivity index (χ3v) is 2.72. The average Bonchev–Trinajstić information content (AvgIpc) is 2.16. The van der Waals surface area contributed by atoms with Crippen molar-refractivity contribution < 1.29 is 9.90 Å². The van der Waals surface area contributed by atoms with Crippen LogP contribution in [0.3, 0.4) is 0 Å². The maximum atomic E-state index is 11.2. The molecule has 0 radical (unpaired) electrons. The van der Waals surface area contributed by atoms with Crippen LogP contribution in [0.2, 0.25) is 0 Å². The zero-order chi connectivity index (χ0) is 12.5. The lowest BCUT2D eigenvalue weighted by Crippen LogP contribution is -2.13. The molecule has 0 unspecified atom stereocenters. The predicted molar refractivity (Wildman–Crippen MR) is 64.8 cm³/mol. The maximum absolute atomic E-state index is 11.2. The van der Waals surface area contributed by atoms with E-state index in [0.717, 1.165) is 11.1 Å². The molecule has 0 atom stereocenters. The molecule has 0 saturated heterocycles. The number of benzene rings is 1. The number of phenols is 1. The van der Waals surface area contributed by atoms with Gasteiger partial charge in [0.25, 0.3) is 5.91 Å². The Balaban J connectivity index is 3.45. The van der Waals surface area contributed by atoms with Crippen LogP contribution < -0.4 is 5.73 Å². The molecule has 0 aromatic heterocycles. The van der Waals surface area contributed by atoms with Crippen molar-refractivity contribution in [3.05, 3.63) is 28.8 Å². The highest BCUT2D eigenvalue weighted by molar-refractivity contribution is 5.96. The van der Waals surface area contributed by atoms with Gasteiger partial charge in [-0.2, -0.15) is 0 Å². The number of rotatable bonds is 3. The van der Waals surface area contributed by atoms with Crippen LogP contribution in [-0.4, -0.2) is 11.0 Å². The van der Waals surface area contributed by atoms with E-state index < -0.39 is 5.91 Å². The monoisotopic (exact) mass is 221 g/mol. The van der Waals surface area contributed by atoms with Crippen molar-refractivity contribution in [2.24, 2.45) is 5.73 Å². The Kier molecular flexibility index (Phi) is 3.58. The Labute approximate surface area is 96.3 Å². The lowest BCUT2D eigenvalue weighted by atomic mass is 9.92. The number of carbonyl (C=O) groups excluding carboxylic acids is 1. The highest BCUT2D eigenvalue weighted by atomic mass is 16.3. The fourth-order valence-corrected chi connectivity index (χ4v) is 1.64. The van der Waals surface area contributed by atoms with Gasteiger partial charge in [0, 0.05) is 0 Å². The normalized spacial score (nSPS) is 11.1. The Morgan fingerprint density at radius 2 is 1.75 bits per heavy atom. The summed E-state index contributed by atoms with van der Waals surface area (Å²) in [6, 6.07) is 3.62. The quantitative estimate of drug-likeness (QED) is 0.824. The minimum absolute atomic E-state index is 0.0203. The van der Waals surface area contributed by atoms with E-state index in [2.05, 4.69) is 0 Å². The van der Waals surface area contributed by atoms with Gasteiger partial charge in [0.05, 0.1) is 5.56 Å². The summed E-state index contributed by atoms with van der Waals surface area (Å²) in [7, 11) is 0. The predicted octanol–water partition coefficient (Wildman–Crippen LogP) is 2.74. The molecule has 0 heterocycles. The van der Waals surface area contributed by atoms with E-state index in [4.69, 9.17) is 5.73 Å². The first kappa shape index (κ1) is 12.6. The topological polar surface area (TPSA) is 63.3 Å². The summed E-state index contributed by atoms with van der Waals surface area (Å²) in [5, 5.41) is 9.94. The van der Waals surface area contributed by atoms with Gasteiger partial charge in [0.15, 0.2) is 0 Å². The second-order valence-electron chi connectivity index (χ2n) is 4.68. The van der Waals surface area contributed by atoms with Crippen molar-refractivity contribution in [3.8, 4) is 5.75 Å². The molecule has 1 aromatic rings. The van der Waals surface area contributed by atoms with Crippen molar-refractivity contribution in [1.82, 2.24) is 0 Å². The van der Waals surface area contributed by atoms with Crippen molar-refractivity contribution in [2.75, 3.05) is 0 Å². The molecule has 1 rings (SSSR count). The van der Waals surface area contributed by atoms with Crippen LogP contribution in [0, 0.1) is 0 Å². The van der Waals surface area contributed by atoms with Crippen molar-refractivity contribution in [3.63, 3.8) is 0 Å². The zero-order valence-electron chi connectivity index (χ0n) is 10.2. The average molecular weight is 221 g/mol. The molecular weight excluding hydrogens is 202 g/mol. The van der Waals surface area contributed by atoms with E-state index >= 15 is 0 Å². The Morgan fingerprint density at radius 1 is 1.19 bits per heavy atom. The third kappa shape index (κ3) is 2.35. The van der Waals surface area contributed by atoms with Gasteiger partial charge in [-0.3, -0.25) is 4.79 Å². The SMILES string of the molecule is CC(C)c1cc(C(N)=O)c(O)c(C(C)C)c1. The minimum atomic E-state index is -0.582. The van der Waals surface area contributed by atoms with Crippen LogP contribution in [0.1, 0.15) is 61.0 Å².